The standard InChI is InChI=1S/C11H13N3O3/c15-10(7-1-2-12-4-7)14-9-3-8(11(16)17)5-13-6-9/h3,5-7,12H,1-2,4H2,(H,14,15)(H,16,17). The Morgan fingerprint density at radius 1 is 1.47 bits per heavy atom. The molecule has 0 spiro atoms. The molecule has 0 saturated carbocycles. The van der Waals surface area contributed by atoms with Crippen molar-refractivity contribution in [3.8, 4) is 0 Å². The molecule has 3 N–H and O–H groups in total. The average molecular weight is 235 g/mol. The van der Waals surface area contributed by atoms with E-state index in [1.807, 2.05) is 0 Å². The van der Waals surface area contributed by atoms with Crippen LogP contribution in [0.3, 0.4) is 0 Å². The van der Waals surface area contributed by atoms with Gasteiger partial charge in [-0.2, -0.15) is 0 Å². The molecule has 1 aromatic heterocycles. The van der Waals surface area contributed by atoms with Crippen LogP contribution in [0, 0.1) is 5.92 Å². The van der Waals surface area contributed by atoms with E-state index >= 15 is 0 Å². The number of pyridine rings is 1. The lowest BCUT2D eigenvalue weighted by Gasteiger charge is -2.09. The molecule has 1 amide bonds. The van der Waals surface area contributed by atoms with Gasteiger partial charge in [0.1, 0.15) is 0 Å². The van der Waals surface area contributed by atoms with Crippen molar-refractivity contribution < 1.29 is 14.7 Å². The Bertz CT molecular complexity index is 441. The number of nitrogens with one attached hydrogen (secondary N) is 2. The lowest BCUT2D eigenvalue weighted by Crippen LogP contribution is -2.24. The zero-order valence-electron chi connectivity index (χ0n) is 9.14. The third-order valence-electron chi connectivity index (χ3n) is 2.68. The van der Waals surface area contributed by atoms with Crippen molar-refractivity contribution in [2.45, 2.75) is 6.42 Å². The Kier molecular flexibility index (Phi) is 3.34. The van der Waals surface area contributed by atoms with Crippen LogP contribution in [0.5, 0.6) is 0 Å². The molecule has 1 saturated heterocycles. The first kappa shape index (κ1) is 11.5. The van der Waals surface area contributed by atoms with E-state index in [1.54, 1.807) is 0 Å². The fourth-order valence-electron chi connectivity index (χ4n) is 1.75. The molecule has 1 atom stereocenters. The number of hydrogen-bond donors (Lipinski definition) is 3. The first-order valence-electron chi connectivity index (χ1n) is 5.37. The summed E-state index contributed by atoms with van der Waals surface area (Å²) in [6.45, 7) is 1.50. The van der Waals surface area contributed by atoms with E-state index in [0.29, 0.717) is 12.2 Å². The van der Waals surface area contributed by atoms with E-state index in [9.17, 15) is 9.59 Å². The number of nitrogens with zero attached hydrogens (tertiary/aromatic N) is 1. The summed E-state index contributed by atoms with van der Waals surface area (Å²) in [5, 5.41) is 14.6. The Balaban J connectivity index is 2.05. The smallest absolute Gasteiger partial charge is 0.337 e. The summed E-state index contributed by atoms with van der Waals surface area (Å²) < 4.78 is 0. The highest BCUT2D eigenvalue weighted by Crippen LogP contribution is 2.13. The molecule has 1 aromatic rings. The Morgan fingerprint density at radius 2 is 2.29 bits per heavy atom. The zero-order valence-corrected chi connectivity index (χ0v) is 9.14. The molecule has 2 rings (SSSR count). The summed E-state index contributed by atoms with van der Waals surface area (Å²) in [6.07, 6.45) is 3.49. The highest BCUT2D eigenvalue weighted by Gasteiger charge is 2.22. The molecule has 0 aromatic carbocycles. The molecule has 1 unspecified atom stereocenters. The van der Waals surface area contributed by atoms with E-state index in [-0.39, 0.29) is 17.4 Å². The van der Waals surface area contributed by atoms with Crippen LogP contribution in [0.25, 0.3) is 0 Å². The van der Waals surface area contributed by atoms with E-state index < -0.39 is 5.97 Å². The predicted molar refractivity (Wildman–Crippen MR) is 60.8 cm³/mol. The summed E-state index contributed by atoms with van der Waals surface area (Å²) in [5.74, 6) is -1.21. The number of hydrogen-bond acceptors (Lipinski definition) is 4. The van der Waals surface area contributed by atoms with Crippen molar-refractivity contribution in [2.24, 2.45) is 5.92 Å². The van der Waals surface area contributed by atoms with E-state index in [0.717, 1.165) is 13.0 Å². The third kappa shape index (κ3) is 2.79. The second kappa shape index (κ2) is 4.92. The van der Waals surface area contributed by atoms with Crippen LogP contribution in [-0.2, 0) is 4.79 Å². The number of amides is 1. The van der Waals surface area contributed by atoms with Gasteiger partial charge in [0, 0.05) is 12.7 Å². The van der Waals surface area contributed by atoms with E-state index in [2.05, 4.69) is 15.6 Å². The lowest BCUT2D eigenvalue weighted by atomic mass is 10.1. The van der Waals surface area contributed by atoms with Gasteiger partial charge in [-0.3, -0.25) is 9.78 Å². The van der Waals surface area contributed by atoms with Gasteiger partial charge in [-0.25, -0.2) is 4.79 Å². The number of carboxylic acid groups (broad SMARTS) is 1. The highest BCUT2D eigenvalue weighted by atomic mass is 16.4. The van der Waals surface area contributed by atoms with E-state index in [1.165, 1.54) is 18.5 Å². The van der Waals surface area contributed by atoms with E-state index in [4.69, 9.17) is 5.11 Å². The minimum atomic E-state index is -1.06. The summed E-state index contributed by atoms with van der Waals surface area (Å²) >= 11 is 0. The summed E-state index contributed by atoms with van der Waals surface area (Å²) in [4.78, 5) is 26.3. The van der Waals surface area contributed by atoms with Crippen LogP contribution in [0.4, 0.5) is 5.69 Å². The number of carbonyl (C=O) groups is 2. The second-order valence-corrected chi connectivity index (χ2v) is 3.95. The van der Waals surface area contributed by atoms with Gasteiger partial charge in [-0.05, 0) is 19.0 Å². The van der Waals surface area contributed by atoms with Gasteiger partial charge in [0.2, 0.25) is 5.91 Å². The number of anilines is 1. The van der Waals surface area contributed by atoms with Crippen LogP contribution < -0.4 is 10.6 Å². The maximum absolute atomic E-state index is 11.8. The van der Waals surface area contributed by atoms with Gasteiger partial charge in [-0.15, -0.1) is 0 Å². The maximum Gasteiger partial charge on any atom is 0.337 e. The third-order valence-corrected chi connectivity index (χ3v) is 2.68. The largest absolute Gasteiger partial charge is 0.478 e. The van der Waals surface area contributed by atoms with Gasteiger partial charge in [0.05, 0.1) is 23.4 Å². The Labute approximate surface area is 98.1 Å². The van der Waals surface area contributed by atoms with Crippen molar-refractivity contribution in [3.63, 3.8) is 0 Å². The predicted octanol–water partition coefficient (Wildman–Crippen LogP) is 0.328. The van der Waals surface area contributed by atoms with Crippen molar-refractivity contribution >= 4 is 17.6 Å². The lowest BCUT2D eigenvalue weighted by molar-refractivity contribution is -0.119. The number of carbonyl (C=O) groups excluding carboxylic acids is 1. The molecule has 6 nitrogen and oxygen atoms in total. The summed E-state index contributed by atoms with van der Waals surface area (Å²) in [6, 6.07) is 1.40. The van der Waals surface area contributed by atoms with Gasteiger partial charge in [0.15, 0.2) is 0 Å². The maximum atomic E-state index is 11.8. The highest BCUT2D eigenvalue weighted by molar-refractivity contribution is 5.94. The molecule has 6 heteroatoms. The average Bonchev–Trinajstić information content (AvgIpc) is 2.82. The van der Waals surface area contributed by atoms with Crippen LogP contribution >= 0.6 is 0 Å². The van der Waals surface area contributed by atoms with Crippen LogP contribution in [0.15, 0.2) is 18.5 Å². The Hall–Kier alpha value is -1.95. The molecule has 0 aliphatic carbocycles. The van der Waals surface area contributed by atoms with Crippen molar-refractivity contribution in [2.75, 3.05) is 18.4 Å². The molecule has 1 aliphatic heterocycles. The zero-order chi connectivity index (χ0) is 12.3. The molecule has 17 heavy (non-hydrogen) atoms. The van der Waals surface area contributed by atoms with Crippen molar-refractivity contribution in [3.05, 3.63) is 24.0 Å². The fraction of sp³-hybridized carbons (Fsp3) is 0.364. The quantitative estimate of drug-likeness (QED) is 0.702. The minimum Gasteiger partial charge on any atom is -0.478 e. The first-order chi connectivity index (χ1) is 8.16. The normalized spacial score (nSPS) is 18.9. The summed E-state index contributed by atoms with van der Waals surface area (Å²) in [5.41, 5.74) is 0.481. The van der Waals surface area contributed by atoms with Crippen LogP contribution in [-0.4, -0.2) is 35.1 Å². The summed E-state index contributed by atoms with van der Waals surface area (Å²) in [7, 11) is 0. The molecule has 1 fully saturated rings. The number of aromatic carboxylic acids is 1. The van der Waals surface area contributed by atoms with Crippen LogP contribution in [0.1, 0.15) is 16.8 Å². The molecular weight excluding hydrogens is 222 g/mol. The molecular formula is C11H13N3O3. The van der Waals surface area contributed by atoms with Crippen molar-refractivity contribution in [1.82, 2.24) is 10.3 Å². The molecule has 1 aliphatic rings. The number of carboxylic acids is 1. The number of rotatable bonds is 3. The number of aromatic nitrogens is 1. The first-order valence-corrected chi connectivity index (χ1v) is 5.37. The molecule has 2 heterocycles. The van der Waals surface area contributed by atoms with Crippen LogP contribution in [0.2, 0.25) is 0 Å². The van der Waals surface area contributed by atoms with Gasteiger partial charge in [-0.1, -0.05) is 0 Å². The topological polar surface area (TPSA) is 91.3 Å². The fourth-order valence-corrected chi connectivity index (χ4v) is 1.75. The van der Waals surface area contributed by atoms with Gasteiger partial charge < -0.3 is 15.7 Å². The monoisotopic (exact) mass is 235 g/mol. The van der Waals surface area contributed by atoms with Gasteiger partial charge in [0.25, 0.3) is 0 Å². The van der Waals surface area contributed by atoms with Gasteiger partial charge >= 0.3 is 5.97 Å². The molecule has 0 radical (unpaired) electrons. The van der Waals surface area contributed by atoms with Crippen molar-refractivity contribution in [1.29, 1.82) is 0 Å². The SMILES string of the molecule is O=C(O)c1cncc(NC(=O)C2CCNC2)c1. The Morgan fingerprint density at radius 3 is 2.94 bits per heavy atom. The molecule has 90 valence electrons. The second-order valence-electron chi connectivity index (χ2n) is 3.95. The minimum absolute atomic E-state index is 0.0523. The molecule has 0 bridgehead atoms.